The smallest absolute Gasteiger partial charge is 0.222 e. The van der Waals surface area contributed by atoms with Gasteiger partial charge in [-0.25, -0.2) is 0 Å². The number of carbonyl (C=O) groups excluding carboxylic acids is 1. The van der Waals surface area contributed by atoms with Crippen molar-refractivity contribution in [3.8, 4) is 6.07 Å². The zero-order chi connectivity index (χ0) is 13.7. The highest BCUT2D eigenvalue weighted by molar-refractivity contribution is 5.76. The monoisotopic (exact) mass is 256 g/mol. The summed E-state index contributed by atoms with van der Waals surface area (Å²) in [5, 5.41) is 8.73. The fourth-order valence-electron chi connectivity index (χ4n) is 2.57. The molecule has 0 aliphatic carbocycles. The number of hydrogen-bond acceptors (Lipinski definition) is 2. The van der Waals surface area contributed by atoms with E-state index in [1.807, 2.05) is 29.2 Å². The van der Waals surface area contributed by atoms with E-state index in [0.717, 1.165) is 31.5 Å². The summed E-state index contributed by atoms with van der Waals surface area (Å²) in [5.74, 6) is 0.892. The van der Waals surface area contributed by atoms with Gasteiger partial charge in [-0.3, -0.25) is 4.79 Å². The van der Waals surface area contributed by atoms with Crippen LogP contribution in [0.3, 0.4) is 0 Å². The van der Waals surface area contributed by atoms with Crippen molar-refractivity contribution in [1.29, 1.82) is 5.26 Å². The molecule has 0 radical (unpaired) electrons. The molecule has 1 aromatic rings. The van der Waals surface area contributed by atoms with E-state index in [-0.39, 0.29) is 5.91 Å². The lowest BCUT2D eigenvalue weighted by atomic mass is 9.99. The lowest BCUT2D eigenvalue weighted by Crippen LogP contribution is -2.39. The number of carbonyl (C=O) groups is 1. The van der Waals surface area contributed by atoms with Crippen LogP contribution in [0, 0.1) is 17.2 Å². The fraction of sp³-hybridized carbons (Fsp3) is 0.500. The maximum absolute atomic E-state index is 12.1. The molecule has 1 fully saturated rings. The fourth-order valence-corrected chi connectivity index (χ4v) is 2.57. The average molecular weight is 256 g/mol. The molecule has 0 spiro atoms. The van der Waals surface area contributed by atoms with Gasteiger partial charge < -0.3 is 4.90 Å². The standard InChI is InChI=1S/C16H20N2O/c1-13-3-2-10-18(12-13)16(19)9-8-14-4-6-15(11-17)7-5-14/h4-7,13H,2-3,8-10,12H2,1H3. The van der Waals surface area contributed by atoms with E-state index in [9.17, 15) is 4.79 Å². The van der Waals surface area contributed by atoms with E-state index in [1.165, 1.54) is 6.42 Å². The van der Waals surface area contributed by atoms with Gasteiger partial charge in [-0.15, -0.1) is 0 Å². The van der Waals surface area contributed by atoms with Gasteiger partial charge in [0.2, 0.25) is 5.91 Å². The van der Waals surface area contributed by atoms with Gasteiger partial charge >= 0.3 is 0 Å². The SMILES string of the molecule is CC1CCCN(C(=O)CCc2ccc(C#N)cc2)C1. The van der Waals surface area contributed by atoms with Crippen LogP contribution in [0.4, 0.5) is 0 Å². The van der Waals surface area contributed by atoms with E-state index < -0.39 is 0 Å². The predicted octanol–water partition coefficient (Wildman–Crippen LogP) is 2.75. The Hall–Kier alpha value is -1.82. The van der Waals surface area contributed by atoms with Crippen molar-refractivity contribution < 1.29 is 4.79 Å². The Morgan fingerprint density at radius 2 is 2.16 bits per heavy atom. The van der Waals surface area contributed by atoms with Crippen LogP contribution in [0.2, 0.25) is 0 Å². The summed E-state index contributed by atoms with van der Waals surface area (Å²) in [5.41, 5.74) is 1.79. The second kappa shape index (κ2) is 6.38. The van der Waals surface area contributed by atoms with Crippen molar-refractivity contribution in [1.82, 2.24) is 4.90 Å². The summed E-state index contributed by atoms with van der Waals surface area (Å²) >= 11 is 0. The van der Waals surface area contributed by atoms with Crippen molar-refractivity contribution in [2.75, 3.05) is 13.1 Å². The van der Waals surface area contributed by atoms with Crippen molar-refractivity contribution >= 4 is 5.91 Å². The number of aryl methyl sites for hydroxylation is 1. The minimum absolute atomic E-state index is 0.260. The third kappa shape index (κ3) is 3.82. The Balaban J connectivity index is 1.84. The quantitative estimate of drug-likeness (QED) is 0.834. The Kier molecular flexibility index (Phi) is 4.57. The van der Waals surface area contributed by atoms with E-state index >= 15 is 0 Å². The van der Waals surface area contributed by atoms with E-state index in [2.05, 4.69) is 13.0 Å². The maximum Gasteiger partial charge on any atom is 0.222 e. The molecular weight excluding hydrogens is 236 g/mol. The molecule has 100 valence electrons. The number of benzene rings is 1. The van der Waals surface area contributed by atoms with Crippen molar-refractivity contribution in [2.45, 2.75) is 32.6 Å². The van der Waals surface area contributed by atoms with Crippen LogP contribution in [-0.2, 0) is 11.2 Å². The van der Waals surface area contributed by atoms with Gasteiger partial charge in [0, 0.05) is 19.5 Å². The first-order valence-electron chi connectivity index (χ1n) is 6.96. The average Bonchev–Trinajstić information content (AvgIpc) is 2.45. The number of piperidine rings is 1. The third-order valence-corrected chi connectivity index (χ3v) is 3.72. The van der Waals surface area contributed by atoms with Crippen LogP contribution < -0.4 is 0 Å². The summed E-state index contributed by atoms with van der Waals surface area (Å²) in [6.45, 7) is 4.03. The van der Waals surface area contributed by atoms with E-state index in [0.29, 0.717) is 17.9 Å². The summed E-state index contributed by atoms with van der Waals surface area (Å²) < 4.78 is 0. The molecule has 0 bridgehead atoms. The van der Waals surface area contributed by atoms with Crippen LogP contribution in [-0.4, -0.2) is 23.9 Å². The van der Waals surface area contributed by atoms with E-state index in [4.69, 9.17) is 5.26 Å². The molecule has 0 saturated carbocycles. The molecule has 1 aromatic carbocycles. The molecule has 1 atom stereocenters. The van der Waals surface area contributed by atoms with Gasteiger partial charge in [-0.1, -0.05) is 19.1 Å². The third-order valence-electron chi connectivity index (χ3n) is 3.72. The Labute approximate surface area is 114 Å². The van der Waals surface area contributed by atoms with Crippen LogP contribution in [0.1, 0.15) is 37.3 Å². The van der Waals surface area contributed by atoms with Gasteiger partial charge in [-0.05, 0) is 42.9 Å². The van der Waals surface area contributed by atoms with Gasteiger partial charge in [0.15, 0.2) is 0 Å². The second-order valence-corrected chi connectivity index (χ2v) is 5.40. The molecule has 3 nitrogen and oxygen atoms in total. The summed E-state index contributed by atoms with van der Waals surface area (Å²) in [7, 11) is 0. The van der Waals surface area contributed by atoms with Crippen LogP contribution >= 0.6 is 0 Å². The summed E-state index contributed by atoms with van der Waals surface area (Å²) in [6, 6.07) is 9.59. The number of nitrogens with zero attached hydrogens (tertiary/aromatic N) is 2. The highest BCUT2D eigenvalue weighted by atomic mass is 16.2. The molecule has 0 N–H and O–H groups in total. The summed E-state index contributed by atoms with van der Waals surface area (Å²) in [6.07, 6.45) is 3.69. The molecule has 1 aliphatic heterocycles. The molecular formula is C16H20N2O. The topological polar surface area (TPSA) is 44.1 Å². The van der Waals surface area contributed by atoms with Crippen molar-refractivity contribution in [2.24, 2.45) is 5.92 Å². The van der Waals surface area contributed by atoms with Crippen LogP contribution in [0.25, 0.3) is 0 Å². The minimum Gasteiger partial charge on any atom is -0.342 e. The van der Waals surface area contributed by atoms with Crippen molar-refractivity contribution in [3.63, 3.8) is 0 Å². The highest BCUT2D eigenvalue weighted by Crippen LogP contribution is 2.17. The Morgan fingerprint density at radius 1 is 1.42 bits per heavy atom. The molecule has 0 aromatic heterocycles. The zero-order valence-corrected chi connectivity index (χ0v) is 11.4. The number of nitriles is 1. The van der Waals surface area contributed by atoms with Gasteiger partial charge in [0.1, 0.15) is 0 Å². The first-order valence-corrected chi connectivity index (χ1v) is 6.96. The minimum atomic E-state index is 0.260. The number of amides is 1. The van der Waals surface area contributed by atoms with Gasteiger partial charge in [0.05, 0.1) is 11.6 Å². The molecule has 1 aliphatic rings. The van der Waals surface area contributed by atoms with Gasteiger partial charge in [0.25, 0.3) is 0 Å². The molecule has 1 unspecified atom stereocenters. The Bertz CT molecular complexity index is 473. The maximum atomic E-state index is 12.1. The zero-order valence-electron chi connectivity index (χ0n) is 11.4. The first kappa shape index (κ1) is 13.6. The van der Waals surface area contributed by atoms with Crippen LogP contribution in [0.5, 0.6) is 0 Å². The number of likely N-dealkylation sites (tertiary alicyclic amines) is 1. The first-order chi connectivity index (χ1) is 9.19. The molecule has 19 heavy (non-hydrogen) atoms. The van der Waals surface area contributed by atoms with Crippen LogP contribution in [0.15, 0.2) is 24.3 Å². The summed E-state index contributed by atoms with van der Waals surface area (Å²) in [4.78, 5) is 14.1. The molecule has 3 heteroatoms. The van der Waals surface area contributed by atoms with E-state index in [1.54, 1.807) is 0 Å². The largest absolute Gasteiger partial charge is 0.342 e. The predicted molar refractivity (Wildman–Crippen MR) is 74.5 cm³/mol. The molecule has 1 heterocycles. The highest BCUT2D eigenvalue weighted by Gasteiger charge is 2.20. The van der Waals surface area contributed by atoms with Gasteiger partial charge in [-0.2, -0.15) is 5.26 Å². The molecule has 1 amide bonds. The lowest BCUT2D eigenvalue weighted by molar-refractivity contribution is -0.132. The number of hydrogen-bond donors (Lipinski definition) is 0. The molecule has 1 saturated heterocycles. The molecule has 2 rings (SSSR count). The Morgan fingerprint density at radius 3 is 2.79 bits per heavy atom. The van der Waals surface area contributed by atoms with Crippen molar-refractivity contribution in [3.05, 3.63) is 35.4 Å². The number of rotatable bonds is 3. The lowest BCUT2D eigenvalue weighted by Gasteiger charge is -2.31. The normalized spacial score (nSPS) is 18.9. The second-order valence-electron chi connectivity index (χ2n) is 5.40.